The number of carboxylic acids is 1. The molecule has 0 saturated heterocycles. The van der Waals surface area contributed by atoms with Crippen molar-refractivity contribution < 1.29 is 24.3 Å². The average molecular weight is 269 g/mol. The van der Waals surface area contributed by atoms with Crippen molar-refractivity contribution in [3.05, 3.63) is 33.9 Å². The van der Waals surface area contributed by atoms with E-state index < -0.39 is 17.0 Å². The Balaban J connectivity index is 3.05. The lowest BCUT2D eigenvalue weighted by Gasteiger charge is -2.14. The molecule has 0 heterocycles. The van der Waals surface area contributed by atoms with Crippen LogP contribution in [0.1, 0.15) is 12.5 Å². The first-order valence-corrected chi connectivity index (χ1v) is 5.65. The molecule has 0 aliphatic rings. The maximum atomic E-state index is 10.9. The minimum Gasteiger partial charge on any atom is -0.478 e. The van der Waals surface area contributed by atoms with Crippen LogP contribution in [0.3, 0.4) is 0 Å². The third kappa shape index (κ3) is 3.92. The molecule has 0 aromatic heterocycles. The van der Waals surface area contributed by atoms with Gasteiger partial charge in [0, 0.05) is 13.2 Å². The van der Waals surface area contributed by atoms with Crippen LogP contribution in [0.15, 0.2) is 18.2 Å². The molecule has 0 aliphatic heterocycles. The molecule has 0 bridgehead atoms. The number of carboxylic acid groups (broad SMARTS) is 1. The van der Waals surface area contributed by atoms with E-state index in [2.05, 4.69) is 0 Å². The minimum atomic E-state index is -1.28. The van der Waals surface area contributed by atoms with Gasteiger partial charge in [-0.25, -0.2) is 4.79 Å². The number of benzene rings is 1. The van der Waals surface area contributed by atoms with Crippen molar-refractivity contribution >= 4 is 11.7 Å². The van der Waals surface area contributed by atoms with Crippen molar-refractivity contribution in [3.8, 4) is 5.75 Å². The predicted molar refractivity (Wildman–Crippen MR) is 66.4 cm³/mol. The van der Waals surface area contributed by atoms with E-state index in [1.54, 1.807) is 6.07 Å². The molecule has 19 heavy (non-hydrogen) atoms. The Hall–Kier alpha value is -2.15. The SMILES string of the molecule is CCc1ccc(OC(COC)C(=O)O)c([N+](=O)[O-])c1. The van der Waals surface area contributed by atoms with Gasteiger partial charge in [-0.15, -0.1) is 0 Å². The fourth-order valence-electron chi connectivity index (χ4n) is 1.49. The van der Waals surface area contributed by atoms with Crippen LogP contribution in [-0.2, 0) is 16.0 Å². The lowest BCUT2D eigenvalue weighted by atomic mass is 10.1. The summed E-state index contributed by atoms with van der Waals surface area (Å²) in [5.41, 5.74) is 0.527. The number of rotatable bonds is 7. The number of carbonyl (C=O) groups is 1. The highest BCUT2D eigenvalue weighted by molar-refractivity contribution is 5.73. The van der Waals surface area contributed by atoms with Gasteiger partial charge in [0.05, 0.1) is 11.5 Å². The summed E-state index contributed by atoms with van der Waals surface area (Å²) in [4.78, 5) is 21.3. The number of methoxy groups -OCH3 is 1. The summed E-state index contributed by atoms with van der Waals surface area (Å²) in [6.45, 7) is 1.67. The third-order valence-corrected chi connectivity index (χ3v) is 2.49. The van der Waals surface area contributed by atoms with Gasteiger partial charge >= 0.3 is 11.7 Å². The summed E-state index contributed by atoms with van der Waals surface area (Å²) >= 11 is 0. The van der Waals surface area contributed by atoms with Gasteiger partial charge in [-0.05, 0) is 18.1 Å². The van der Waals surface area contributed by atoms with Crippen LogP contribution in [0.2, 0.25) is 0 Å². The molecule has 1 atom stereocenters. The molecular formula is C12H15NO6. The van der Waals surface area contributed by atoms with Crippen molar-refractivity contribution in [1.82, 2.24) is 0 Å². The zero-order valence-corrected chi connectivity index (χ0v) is 10.7. The lowest BCUT2D eigenvalue weighted by molar-refractivity contribution is -0.386. The van der Waals surface area contributed by atoms with Gasteiger partial charge in [0.25, 0.3) is 0 Å². The molecule has 1 rings (SSSR count). The molecule has 0 fully saturated rings. The van der Waals surface area contributed by atoms with Crippen LogP contribution in [0.5, 0.6) is 5.75 Å². The molecule has 0 aliphatic carbocycles. The first kappa shape index (κ1) is 14.9. The summed E-state index contributed by atoms with van der Waals surface area (Å²) in [5, 5.41) is 19.9. The fraction of sp³-hybridized carbons (Fsp3) is 0.417. The van der Waals surface area contributed by atoms with E-state index in [1.165, 1.54) is 19.2 Å². The molecule has 1 unspecified atom stereocenters. The summed E-state index contributed by atoms with van der Waals surface area (Å²) < 4.78 is 9.85. The Morgan fingerprint density at radius 2 is 2.21 bits per heavy atom. The van der Waals surface area contributed by atoms with Crippen molar-refractivity contribution in [1.29, 1.82) is 0 Å². The van der Waals surface area contributed by atoms with E-state index in [0.29, 0.717) is 6.42 Å². The van der Waals surface area contributed by atoms with Crippen LogP contribution in [0, 0.1) is 10.1 Å². The maximum Gasteiger partial charge on any atom is 0.347 e. The Labute approximate surface area is 109 Å². The van der Waals surface area contributed by atoms with E-state index in [4.69, 9.17) is 14.6 Å². The van der Waals surface area contributed by atoms with Crippen LogP contribution < -0.4 is 4.74 Å². The number of ether oxygens (including phenoxy) is 2. The fourth-order valence-corrected chi connectivity index (χ4v) is 1.49. The Kier molecular flexibility index (Phi) is 5.25. The highest BCUT2D eigenvalue weighted by atomic mass is 16.6. The van der Waals surface area contributed by atoms with Gasteiger partial charge in [0.2, 0.25) is 6.10 Å². The van der Waals surface area contributed by atoms with Crippen LogP contribution in [0.25, 0.3) is 0 Å². The molecule has 1 aromatic carbocycles. The zero-order chi connectivity index (χ0) is 14.4. The molecular weight excluding hydrogens is 254 g/mol. The van der Waals surface area contributed by atoms with Crippen molar-refractivity contribution in [2.24, 2.45) is 0 Å². The van der Waals surface area contributed by atoms with E-state index in [9.17, 15) is 14.9 Å². The number of nitro benzene ring substituents is 1. The zero-order valence-electron chi connectivity index (χ0n) is 10.7. The molecule has 0 spiro atoms. The second-order valence-electron chi connectivity index (χ2n) is 3.81. The molecule has 7 nitrogen and oxygen atoms in total. The number of hydrogen-bond acceptors (Lipinski definition) is 5. The summed E-state index contributed by atoms with van der Waals surface area (Å²) in [7, 11) is 1.33. The topological polar surface area (TPSA) is 98.9 Å². The van der Waals surface area contributed by atoms with Crippen LogP contribution in [-0.4, -0.2) is 35.8 Å². The Morgan fingerprint density at radius 3 is 2.68 bits per heavy atom. The van der Waals surface area contributed by atoms with Crippen molar-refractivity contribution in [2.45, 2.75) is 19.4 Å². The molecule has 104 valence electrons. The molecule has 0 radical (unpaired) electrons. The summed E-state index contributed by atoms with van der Waals surface area (Å²) in [6.07, 6.45) is -0.641. The maximum absolute atomic E-state index is 10.9. The summed E-state index contributed by atoms with van der Waals surface area (Å²) in [5.74, 6) is -1.32. The molecule has 0 amide bonds. The number of aliphatic carboxylic acids is 1. The molecule has 1 N–H and O–H groups in total. The third-order valence-electron chi connectivity index (χ3n) is 2.49. The predicted octanol–water partition coefficient (Wildman–Crippen LogP) is 1.64. The van der Waals surface area contributed by atoms with Crippen LogP contribution >= 0.6 is 0 Å². The number of nitro groups is 1. The smallest absolute Gasteiger partial charge is 0.347 e. The van der Waals surface area contributed by atoms with Crippen LogP contribution in [0.4, 0.5) is 5.69 Å². The number of nitrogens with zero attached hydrogens (tertiary/aromatic N) is 1. The highest BCUT2D eigenvalue weighted by Crippen LogP contribution is 2.29. The van der Waals surface area contributed by atoms with E-state index in [0.717, 1.165) is 5.56 Å². The molecule has 7 heteroatoms. The number of hydrogen-bond donors (Lipinski definition) is 1. The quantitative estimate of drug-likeness (QED) is 0.596. The Morgan fingerprint density at radius 1 is 1.53 bits per heavy atom. The van der Waals surface area contributed by atoms with E-state index >= 15 is 0 Å². The van der Waals surface area contributed by atoms with Gasteiger partial charge in [-0.3, -0.25) is 10.1 Å². The molecule has 0 saturated carbocycles. The largest absolute Gasteiger partial charge is 0.478 e. The van der Waals surface area contributed by atoms with Gasteiger partial charge in [-0.2, -0.15) is 0 Å². The first-order valence-electron chi connectivity index (χ1n) is 5.65. The Bertz CT molecular complexity index is 473. The van der Waals surface area contributed by atoms with Gasteiger partial charge < -0.3 is 14.6 Å². The summed E-state index contributed by atoms with van der Waals surface area (Å²) in [6, 6.07) is 4.44. The minimum absolute atomic E-state index is 0.0772. The van der Waals surface area contributed by atoms with E-state index in [-0.39, 0.29) is 18.0 Å². The van der Waals surface area contributed by atoms with Gasteiger partial charge in [0.1, 0.15) is 0 Å². The molecule has 1 aromatic rings. The number of aryl methyl sites for hydroxylation is 1. The van der Waals surface area contributed by atoms with Crippen molar-refractivity contribution in [3.63, 3.8) is 0 Å². The lowest BCUT2D eigenvalue weighted by Crippen LogP contribution is -2.31. The van der Waals surface area contributed by atoms with E-state index in [1.807, 2.05) is 6.92 Å². The monoisotopic (exact) mass is 269 g/mol. The second-order valence-corrected chi connectivity index (χ2v) is 3.81. The standard InChI is InChI=1S/C12H15NO6/c1-3-8-4-5-10(9(6-8)13(16)17)19-11(7-18-2)12(14)15/h4-6,11H,3,7H2,1-2H3,(H,14,15). The normalized spacial score (nSPS) is 11.9. The second kappa shape index (κ2) is 6.69. The van der Waals surface area contributed by atoms with Gasteiger partial charge in [-0.1, -0.05) is 13.0 Å². The average Bonchev–Trinajstić information content (AvgIpc) is 2.38. The highest BCUT2D eigenvalue weighted by Gasteiger charge is 2.24. The van der Waals surface area contributed by atoms with Gasteiger partial charge in [0.15, 0.2) is 5.75 Å². The van der Waals surface area contributed by atoms with Crippen molar-refractivity contribution in [2.75, 3.05) is 13.7 Å². The first-order chi connectivity index (χ1) is 8.99.